The zero-order chi connectivity index (χ0) is 21.0. The molecule has 2 N–H and O–H groups in total. The summed E-state index contributed by atoms with van der Waals surface area (Å²) in [6.07, 6.45) is 8.61. The average Bonchev–Trinajstić information content (AvgIpc) is 3.19. The van der Waals surface area contributed by atoms with Gasteiger partial charge in [0, 0.05) is 54.8 Å². The van der Waals surface area contributed by atoms with Gasteiger partial charge in [0.05, 0.1) is 5.69 Å². The third-order valence-electron chi connectivity index (χ3n) is 5.76. The minimum atomic E-state index is 0.249. The second kappa shape index (κ2) is 8.56. The van der Waals surface area contributed by atoms with Gasteiger partial charge in [-0.15, -0.1) is 0 Å². The van der Waals surface area contributed by atoms with Crippen molar-refractivity contribution in [3.8, 4) is 11.3 Å². The number of aryl methyl sites for hydroxylation is 1. The molecule has 0 unspecified atom stereocenters. The molecular weight excluding hydrogens is 384 g/mol. The summed E-state index contributed by atoms with van der Waals surface area (Å²) >= 11 is 0. The van der Waals surface area contributed by atoms with Gasteiger partial charge >= 0.3 is 0 Å². The highest BCUT2D eigenvalue weighted by atomic mass is 16.1. The Labute approximate surface area is 181 Å². The Morgan fingerprint density at radius 2 is 1.84 bits per heavy atom. The molecule has 3 heterocycles. The molecule has 1 aliphatic carbocycles. The lowest BCUT2D eigenvalue weighted by Gasteiger charge is -2.12. The van der Waals surface area contributed by atoms with Crippen LogP contribution < -0.4 is 5.32 Å². The zero-order valence-electron chi connectivity index (χ0n) is 17.3. The van der Waals surface area contributed by atoms with Crippen LogP contribution in [0.25, 0.3) is 11.3 Å². The lowest BCUT2D eigenvalue weighted by Crippen LogP contribution is -2.11. The van der Waals surface area contributed by atoms with Crippen LogP contribution in [0.2, 0.25) is 0 Å². The number of anilines is 1. The number of ketones is 1. The van der Waals surface area contributed by atoms with Crippen molar-refractivity contribution in [3.63, 3.8) is 0 Å². The predicted octanol–water partition coefficient (Wildman–Crippen LogP) is 5.19. The number of H-pyrrole nitrogens is 1. The van der Waals surface area contributed by atoms with Crippen LogP contribution in [-0.2, 0) is 19.4 Å². The molecule has 0 bridgehead atoms. The number of carbonyl (C=O) groups excluding carboxylic acids is 1. The van der Waals surface area contributed by atoms with E-state index in [2.05, 4.69) is 32.4 Å². The first-order chi connectivity index (χ1) is 15.3. The summed E-state index contributed by atoms with van der Waals surface area (Å²) in [6.45, 7) is 0.654. The van der Waals surface area contributed by atoms with E-state index in [0.29, 0.717) is 13.0 Å². The first-order valence-electron chi connectivity index (χ1n) is 10.7. The fourth-order valence-electron chi connectivity index (χ4n) is 4.27. The molecule has 0 atom stereocenters. The van der Waals surface area contributed by atoms with Crippen LogP contribution in [-0.4, -0.2) is 20.7 Å². The van der Waals surface area contributed by atoms with E-state index in [0.717, 1.165) is 58.7 Å². The van der Waals surface area contributed by atoms with E-state index < -0.39 is 0 Å². The molecule has 0 spiro atoms. The standard InChI is InChI=1S/C26H24N4O/c31-23-10-4-9-22-25(23)21(14-18-6-2-1-3-7-18)26(30-22)20-11-13-28-24(15-20)29-17-19-8-5-12-27-16-19/h1-3,5-8,11-13,15-16,30H,4,9-10,14,17H2,(H,28,29). The van der Waals surface area contributed by atoms with E-state index in [1.165, 1.54) is 5.56 Å². The molecule has 0 amide bonds. The van der Waals surface area contributed by atoms with E-state index in [1.54, 1.807) is 6.20 Å². The van der Waals surface area contributed by atoms with Crippen molar-refractivity contribution >= 4 is 11.6 Å². The maximum atomic E-state index is 12.8. The number of benzene rings is 1. The second-order valence-corrected chi connectivity index (χ2v) is 7.92. The van der Waals surface area contributed by atoms with Crippen LogP contribution in [0.15, 0.2) is 73.2 Å². The van der Waals surface area contributed by atoms with Crippen molar-refractivity contribution in [2.75, 3.05) is 5.32 Å². The number of pyridine rings is 2. The summed E-state index contributed by atoms with van der Waals surface area (Å²) in [4.78, 5) is 25.0. The number of carbonyl (C=O) groups is 1. The zero-order valence-corrected chi connectivity index (χ0v) is 17.3. The van der Waals surface area contributed by atoms with Gasteiger partial charge in [0.1, 0.15) is 5.82 Å². The number of nitrogens with zero attached hydrogens (tertiary/aromatic N) is 2. The number of hydrogen-bond donors (Lipinski definition) is 2. The predicted molar refractivity (Wildman–Crippen MR) is 122 cm³/mol. The number of rotatable bonds is 6. The minimum Gasteiger partial charge on any atom is -0.366 e. The fraction of sp³-hybridized carbons (Fsp3) is 0.192. The summed E-state index contributed by atoms with van der Waals surface area (Å²) < 4.78 is 0. The molecule has 0 fully saturated rings. The Morgan fingerprint density at radius 3 is 2.68 bits per heavy atom. The number of Topliss-reactive ketones (excluding diaryl/α,β-unsaturated/α-hetero) is 1. The molecule has 5 rings (SSSR count). The summed E-state index contributed by atoms with van der Waals surface area (Å²) in [7, 11) is 0. The number of hydrogen-bond acceptors (Lipinski definition) is 4. The van der Waals surface area contributed by atoms with E-state index in [4.69, 9.17) is 0 Å². The van der Waals surface area contributed by atoms with Crippen molar-refractivity contribution in [1.29, 1.82) is 0 Å². The van der Waals surface area contributed by atoms with Crippen LogP contribution in [0.3, 0.4) is 0 Å². The topological polar surface area (TPSA) is 70.7 Å². The van der Waals surface area contributed by atoms with Gasteiger partial charge in [-0.2, -0.15) is 0 Å². The minimum absolute atomic E-state index is 0.249. The van der Waals surface area contributed by atoms with Crippen molar-refractivity contribution in [2.45, 2.75) is 32.2 Å². The Balaban J connectivity index is 1.50. The second-order valence-electron chi connectivity index (χ2n) is 7.92. The molecule has 154 valence electrons. The Bertz CT molecular complexity index is 1200. The van der Waals surface area contributed by atoms with Gasteiger partial charge in [0.15, 0.2) is 5.78 Å². The molecule has 1 aliphatic rings. The van der Waals surface area contributed by atoms with Gasteiger partial charge in [0.25, 0.3) is 0 Å². The molecule has 0 saturated carbocycles. The molecule has 5 nitrogen and oxygen atoms in total. The largest absolute Gasteiger partial charge is 0.366 e. The van der Waals surface area contributed by atoms with Gasteiger partial charge in [-0.05, 0) is 47.7 Å². The molecule has 4 aromatic rings. The van der Waals surface area contributed by atoms with Crippen LogP contribution >= 0.6 is 0 Å². The highest BCUT2D eigenvalue weighted by Gasteiger charge is 2.26. The third kappa shape index (κ3) is 4.12. The maximum Gasteiger partial charge on any atom is 0.165 e. The first-order valence-corrected chi connectivity index (χ1v) is 10.7. The molecule has 3 aromatic heterocycles. The van der Waals surface area contributed by atoms with E-state index >= 15 is 0 Å². The average molecular weight is 409 g/mol. The summed E-state index contributed by atoms with van der Waals surface area (Å²) in [5.41, 5.74) is 7.42. The number of aromatic nitrogens is 3. The fourth-order valence-corrected chi connectivity index (χ4v) is 4.27. The molecule has 0 saturated heterocycles. The monoisotopic (exact) mass is 408 g/mol. The lowest BCUT2D eigenvalue weighted by molar-refractivity contribution is 0.0971. The van der Waals surface area contributed by atoms with Gasteiger partial charge in [-0.3, -0.25) is 9.78 Å². The van der Waals surface area contributed by atoms with Crippen molar-refractivity contribution < 1.29 is 4.79 Å². The number of nitrogens with one attached hydrogen (secondary N) is 2. The van der Waals surface area contributed by atoms with Gasteiger partial charge in [-0.1, -0.05) is 36.4 Å². The van der Waals surface area contributed by atoms with Crippen LogP contribution in [0.1, 0.15) is 45.6 Å². The number of fused-ring (bicyclic) bond motifs is 1. The maximum absolute atomic E-state index is 12.8. The molecule has 0 radical (unpaired) electrons. The van der Waals surface area contributed by atoms with Crippen molar-refractivity contribution in [2.24, 2.45) is 0 Å². The SMILES string of the molecule is O=C1CCCc2[nH]c(-c3ccnc(NCc4cccnc4)c3)c(Cc3ccccc3)c21. The Morgan fingerprint density at radius 1 is 0.968 bits per heavy atom. The van der Waals surface area contributed by atoms with Crippen LogP contribution in [0, 0.1) is 0 Å². The molecule has 5 heteroatoms. The highest BCUT2D eigenvalue weighted by Crippen LogP contribution is 2.35. The van der Waals surface area contributed by atoms with E-state index in [-0.39, 0.29) is 5.78 Å². The summed E-state index contributed by atoms with van der Waals surface area (Å²) in [5, 5.41) is 3.38. The van der Waals surface area contributed by atoms with E-state index in [9.17, 15) is 4.79 Å². The lowest BCUT2D eigenvalue weighted by atomic mass is 9.90. The third-order valence-corrected chi connectivity index (χ3v) is 5.76. The van der Waals surface area contributed by atoms with E-state index in [1.807, 2.05) is 54.9 Å². The molecule has 1 aromatic carbocycles. The quantitative estimate of drug-likeness (QED) is 0.460. The van der Waals surface area contributed by atoms with Crippen molar-refractivity contribution in [1.82, 2.24) is 15.0 Å². The Hall–Kier alpha value is -3.73. The molecule has 31 heavy (non-hydrogen) atoms. The van der Waals surface area contributed by atoms with Crippen molar-refractivity contribution in [3.05, 3.63) is 101 Å². The molecular formula is C26H24N4O. The van der Waals surface area contributed by atoms with Gasteiger partial charge in [0.2, 0.25) is 0 Å². The number of aromatic amines is 1. The van der Waals surface area contributed by atoms with Crippen LogP contribution in [0.4, 0.5) is 5.82 Å². The van der Waals surface area contributed by atoms with Crippen LogP contribution in [0.5, 0.6) is 0 Å². The van der Waals surface area contributed by atoms with Gasteiger partial charge < -0.3 is 10.3 Å². The Kier molecular flexibility index (Phi) is 5.31. The normalized spacial score (nSPS) is 13.1. The first kappa shape index (κ1) is 19.2. The molecule has 0 aliphatic heterocycles. The highest BCUT2D eigenvalue weighted by molar-refractivity contribution is 6.01. The smallest absolute Gasteiger partial charge is 0.165 e. The summed E-state index contributed by atoms with van der Waals surface area (Å²) in [6, 6.07) is 18.4. The van der Waals surface area contributed by atoms with Gasteiger partial charge in [-0.25, -0.2) is 4.98 Å². The summed E-state index contributed by atoms with van der Waals surface area (Å²) in [5.74, 6) is 1.05.